The Morgan fingerprint density at radius 2 is 1.67 bits per heavy atom. The molecule has 5 atom stereocenters. The first kappa shape index (κ1) is 36.9. The molecule has 0 saturated carbocycles. The van der Waals surface area contributed by atoms with Crippen LogP contribution < -0.4 is 9.80 Å². The van der Waals surface area contributed by atoms with Gasteiger partial charge in [0.2, 0.25) is 5.91 Å². The molecule has 0 aliphatic carbocycles. The lowest BCUT2D eigenvalue weighted by molar-refractivity contribution is -0.385. The van der Waals surface area contributed by atoms with Gasteiger partial charge in [0.1, 0.15) is 0 Å². The summed E-state index contributed by atoms with van der Waals surface area (Å²) in [6.07, 6.45) is -0.520. The van der Waals surface area contributed by atoms with Gasteiger partial charge in [-0.25, -0.2) is 0 Å². The van der Waals surface area contributed by atoms with Crippen LogP contribution in [0.15, 0.2) is 103 Å². The van der Waals surface area contributed by atoms with Gasteiger partial charge in [-0.3, -0.25) is 29.4 Å². The van der Waals surface area contributed by atoms with Crippen LogP contribution in [-0.2, 0) is 39.4 Å². The molecule has 5 aromatic rings. The summed E-state index contributed by atoms with van der Waals surface area (Å²) in [5.74, 6) is -1.46. The number of aliphatic hydroxyl groups is 1. The van der Waals surface area contributed by atoms with Crippen LogP contribution in [0.2, 0.25) is 18.6 Å². The number of anilines is 3. The first-order valence-electron chi connectivity index (χ1n) is 19.2. The Bertz CT molecular complexity index is 2500. The average Bonchev–Trinajstić information content (AvgIpc) is 3.75. The maximum absolute atomic E-state index is 15.1. The van der Waals surface area contributed by atoms with Crippen LogP contribution in [0.5, 0.6) is 0 Å². The lowest BCUT2D eigenvalue weighted by Crippen LogP contribution is -2.48. The van der Waals surface area contributed by atoms with Crippen LogP contribution in [0.4, 0.5) is 22.7 Å². The molecule has 0 unspecified atom stereocenters. The third-order valence-electron chi connectivity index (χ3n) is 12.5. The Morgan fingerprint density at radius 1 is 0.947 bits per heavy atom. The number of fused-ring (bicyclic) bond motifs is 3. The molecule has 2 N–H and O–H groups in total. The molecular weight excluding hydrogens is 741 g/mol. The van der Waals surface area contributed by atoms with E-state index in [1.807, 2.05) is 91.9 Å². The van der Waals surface area contributed by atoms with Crippen LogP contribution in [0.1, 0.15) is 46.0 Å². The molecule has 12 nitrogen and oxygen atoms in total. The van der Waals surface area contributed by atoms with E-state index in [4.69, 9.17) is 4.74 Å². The fourth-order valence-corrected chi connectivity index (χ4v) is 12.5. The number of aliphatic hydroxyl groups excluding tert-OH is 1. The van der Waals surface area contributed by atoms with Crippen LogP contribution in [0.25, 0.3) is 10.8 Å². The lowest BCUT2D eigenvalue weighted by Gasteiger charge is -2.37. The molecule has 4 aliphatic rings. The number of non-ortho nitro benzene ring substituents is 1. The number of nitro groups is 1. The Balaban J connectivity index is 1.04. The van der Waals surface area contributed by atoms with Gasteiger partial charge in [0.05, 0.1) is 53.6 Å². The second-order valence-electron chi connectivity index (χ2n) is 16.2. The van der Waals surface area contributed by atoms with Gasteiger partial charge >= 0.3 is 0 Å². The fraction of sp³-hybridized carbons (Fsp3) is 0.295. The zero-order chi connectivity index (χ0) is 40.0. The smallest absolute Gasteiger partial charge is 0.269 e. The van der Waals surface area contributed by atoms with E-state index in [1.54, 1.807) is 33.9 Å². The predicted molar refractivity (Wildman–Crippen MR) is 216 cm³/mol. The van der Waals surface area contributed by atoms with Crippen molar-refractivity contribution in [1.82, 2.24) is 4.90 Å². The third kappa shape index (κ3) is 5.71. The molecule has 9 rings (SSSR count). The van der Waals surface area contributed by atoms with Gasteiger partial charge in [-0.2, -0.15) is 0 Å². The molecule has 57 heavy (non-hydrogen) atoms. The third-order valence-corrected chi connectivity index (χ3v) is 15.0. The predicted octanol–water partition coefficient (Wildman–Crippen LogP) is 6.72. The molecule has 1 fully saturated rings. The summed E-state index contributed by atoms with van der Waals surface area (Å²) >= 11 is 0. The number of rotatable bonds is 8. The van der Waals surface area contributed by atoms with Crippen molar-refractivity contribution >= 4 is 59.6 Å². The number of nitrogens with zero attached hydrogens (tertiary/aromatic N) is 4. The van der Waals surface area contributed by atoms with Gasteiger partial charge in [-0.15, -0.1) is 0 Å². The summed E-state index contributed by atoms with van der Waals surface area (Å²) in [5, 5.41) is 24.3. The molecule has 3 amide bonds. The van der Waals surface area contributed by atoms with Crippen molar-refractivity contribution in [2.75, 3.05) is 16.4 Å². The van der Waals surface area contributed by atoms with Crippen LogP contribution in [-0.4, -0.2) is 64.5 Å². The van der Waals surface area contributed by atoms with Gasteiger partial charge in [0.15, 0.2) is 13.9 Å². The largest absolute Gasteiger partial charge is 0.432 e. The number of nitro benzene ring substituents is 1. The minimum Gasteiger partial charge on any atom is -0.432 e. The number of benzene rings is 5. The lowest BCUT2D eigenvalue weighted by atomic mass is 9.82. The highest BCUT2D eigenvalue weighted by molar-refractivity contribution is 6.71. The molecular formula is C44H42N4O8Si. The highest BCUT2D eigenvalue weighted by Gasteiger charge is 2.67. The van der Waals surface area contributed by atoms with E-state index in [1.165, 1.54) is 12.1 Å². The molecule has 0 radical (unpaired) electrons. The minimum absolute atomic E-state index is 0.102. The zero-order valence-electron chi connectivity index (χ0n) is 31.8. The van der Waals surface area contributed by atoms with Crippen LogP contribution in [0, 0.1) is 16.0 Å². The van der Waals surface area contributed by atoms with E-state index in [0.29, 0.717) is 35.5 Å². The van der Waals surface area contributed by atoms with Crippen LogP contribution >= 0.6 is 0 Å². The maximum atomic E-state index is 15.1. The van der Waals surface area contributed by atoms with Gasteiger partial charge in [-0.1, -0.05) is 67.6 Å². The topological polar surface area (TPSA) is 154 Å². The van der Waals surface area contributed by atoms with Crippen molar-refractivity contribution in [3.8, 4) is 0 Å². The van der Waals surface area contributed by atoms with E-state index in [-0.39, 0.29) is 37.1 Å². The minimum atomic E-state index is -3.17. The van der Waals surface area contributed by atoms with Gasteiger partial charge in [-0.05, 0) is 71.9 Å². The molecule has 1 saturated heterocycles. The monoisotopic (exact) mass is 782 g/mol. The first-order valence-corrected chi connectivity index (χ1v) is 22.3. The summed E-state index contributed by atoms with van der Waals surface area (Å²) in [7, 11) is -3.17. The van der Waals surface area contributed by atoms with Crippen molar-refractivity contribution in [2.45, 2.75) is 69.2 Å². The number of amides is 3. The van der Waals surface area contributed by atoms with E-state index in [9.17, 15) is 29.6 Å². The molecule has 0 bridgehead atoms. The van der Waals surface area contributed by atoms with E-state index in [0.717, 1.165) is 33.2 Å². The van der Waals surface area contributed by atoms with Crippen molar-refractivity contribution in [3.63, 3.8) is 0 Å². The number of carbonyl (C=O) groups is 3. The van der Waals surface area contributed by atoms with Gasteiger partial charge in [0, 0.05) is 46.8 Å². The van der Waals surface area contributed by atoms with E-state index in [2.05, 4.69) is 0 Å². The summed E-state index contributed by atoms with van der Waals surface area (Å²) in [6.45, 7) is 5.55. The Hall–Kier alpha value is -5.73. The number of hydrogen-bond donors (Lipinski definition) is 2. The summed E-state index contributed by atoms with van der Waals surface area (Å²) in [5.41, 5.74) is 3.21. The fourth-order valence-electron chi connectivity index (χ4n) is 9.97. The number of ether oxygens (including phenoxy) is 1. The summed E-state index contributed by atoms with van der Waals surface area (Å²) in [6, 6.07) is 30.6. The Labute approximate surface area is 330 Å². The summed E-state index contributed by atoms with van der Waals surface area (Å²) in [4.78, 5) is 71.2. The molecule has 1 spiro atoms. The highest BCUT2D eigenvalue weighted by atomic mass is 28.4. The number of carbonyl (C=O) groups excluding carboxylic acids is 3. The van der Waals surface area contributed by atoms with Crippen molar-refractivity contribution < 1.29 is 33.9 Å². The van der Waals surface area contributed by atoms with Crippen molar-refractivity contribution in [1.29, 1.82) is 0 Å². The Kier molecular flexibility index (Phi) is 8.70. The van der Waals surface area contributed by atoms with Crippen molar-refractivity contribution in [3.05, 3.63) is 141 Å². The molecule has 5 aromatic carbocycles. The zero-order valence-corrected chi connectivity index (χ0v) is 32.8. The average molecular weight is 783 g/mol. The van der Waals surface area contributed by atoms with E-state index >= 15 is 4.79 Å². The summed E-state index contributed by atoms with van der Waals surface area (Å²) < 4.78 is 6.87. The quantitative estimate of drug-likeness (QED) is 0.1000. The normalized spacial score (nSPS) is 23.8. The molecule has 13 heteroatoms. The second kappa shape index (κ2) is 13.4. The molecule has 4 aliphatic heterocycles. The maximum Gasteiger partial charge on any atom is 0.269 e. The standard InChI is InChI=1S/C44H42N4O8Si/c1-26-41(57(2,3)55)38(22-39(50)45-24-30-9-5-4-8-29(30)20-33(45)25-49)56-44(26)35-21-32(48(53)54)18-19-36(35)46(43(44)52)23-27-14-16-31(17-15-27)47-37-13-7-11-28-10-6-12-34(40(28)37)42(47)51/h4-19,21,26,33,38,41,49,55H,20,22-25H2,1-3H3/t26-,33+,38+,41-,44+/m1/s1. The van der Waals surface area contributed by atoms with Gasteiger partial charge < -0.3 is 24.4 Å². The highest BCUT2D eigenvalue weighted by Crippen LogP contribution is 2.60. The van der Waals surface area contributed by atoms with Crippen molar-refractivity contribution in [2.24, 2.45) is 5.92 Å². The molecule has 0 aromatic heterocycles. The second-order valence-corrected chi connectivity index (χ2v) is 20.2. The SMILES string of the molecule is C[C@@H]1[C@@H]([Si](C)(C)O)[C@H](CC(=O)N2Cc3ccccc3C[C@H]2CO)O[C@@]12C(=O)N(Cc1ccc(N3C(=O)c4cccc5cccc3c45)cc1)c1ccc([N+](=O)[O-])cc12. The van der Waals surface area contributed by atoms with E-state index < -0.39 is 48.4 Å². The van der Waals surface area contributed by atoms with Gasteiger partial charge in [0.25, 0.3) is 17.5 Å². The number of hydrogen-bond acceptors (Lipinski definition) is 8. The molecule has 290 valence electrons. The molecule has 4 heterocycles. The first-order chi connectivity index (χ1) is 27.3. The van der Waals surface area contributed by atoms with Crippen LogP contribution in [0.3, 0.4) is 0 Å². The Morgan fingerprint density at radius 3 is 2.37 bits per heavy atom.